The monoisotopic (exact) mass is 453 g/mol. The Hall–Kier alpha value is -0.670. The van der Waals surface area contributed by atoms with Crippen LogP contribution in [-0.4, -0.2) is 112 Å². The summed E-state index contributed by atoms with van der Waals surface area (Å²) in [5, 5.41) is 27.0. The van der Waals surface area contributed by atoms with Crippen LogP contribution in [-0.2, 0) is 14.4 Å². The van der Waals surface area contributed by atoms with Crippen molar-refractivity contribution in [2.24, 2.45) is 0 Å². The molecule has 0 heterocycles. The molecule has 1 amide bonds. The van der Waals surface area contributed by atoms with Crippen LogP contribution in [0.1, 0.15) is 84.0 Å². The van der Waals surface area contributed by atoms with Crippen molar-refractivity contribution in [3.8, 4) is 0 Å². The summed E-state index contributed by atoms with van der Waals surface area (Å²) in [7, 11) is 0. The fourth-order valence-corrected chi connectivity index (χ4v) is 3.33. The number of carbonyl (C=O) groups excluding carboxylic acids is 1. The molecule has 31 heavy (non-hydrogen) atoms. The molecule has 9 heteroatoms. The van der Waals surface area contributed by atoms with Gasteiger partial charge in [-0.25, -0.2) is 0 Å². The number of aliphatic hydroxyl groups is 1. The van der Waals surface area contributed by atoms with Crippen LogP contribution in [0.15, 0.2) is 0 Å². The van der Waals surface area contributed by atoms with Crippen molar-refractivity contribution in [3.63, 3.8) is 0 Å². The van der Waals surface area contributed by atoms with Crippen LogP contribution in [0.5, 0.6) is 0 Å². The van der Waals surface area contributed by atoms with E-state index in [1.54, 1.807) is 9.80 Å². The molecule has 0 aliphatic rings. The molecule has 0 spiro atoms. The first-order chi connectivity index (χ1) is 14.4. The Bertz CT molecular complexity index is 461. The van der Waals surface area contributed by atoms with E-state index in [-0.39, 0.29) is 74.5 Å². The van der Waals surface area contributed by atoms with Crippen molar-refractivity contribution in [2.45, 2.75) is 84.0 Å². The van der Waals surface area contributed by atoms with Crippen LogP contribution in [0.3, 0.4) is 0 Å². The summed E-state index contributed by atoms with van der Waals surface area (Å²) < 4.78 is 0. The van der Waals surface area contributed by atoms with E-state index < -0.39 is 11.9 Å². The average molecular weight is 454 g/mol. The summed E-state index contributed by atoms with van der Waals surface area (Å²) in [6.45, 7) is 3.54. The molecule has 0 rings (SSSR count). The molecule has 0 aliphatic heterocycles. The van der Waals surface area contributed by atoms with E-state index in [1.807, 2.05) is 0 Å². The molecule has 0 aliphatic carbocycles. The smallest absolute Gasteiger partial charge is 0.304 e. The molecule has 0 bridgehead atoms. The van der Waals surface area contributed by atoms with Gasteiger partial charge in [0.05, 0.1) is 19.4 Å². The van der Waals surface area contributed by atoms with E-state index in [4.69, 9.17) is 10.2 Å². The largest absolute Gasteiger partial charge is 0.481 e. The van der Waals surface area contributed by atoms with E-state index in [0.717, 1.165) is 19.3 Å². The van der Waals surface area contributed by atoms with Crippen LogP contribution in [0, 0.1) is 0 Å². The molecule has 0 aromatic heterocycles. The van der Waals surface area contributed by atoms with Crippen LogP contribution < -0.4 is 0 Å². The van der Waals surface area contributed by atoms with E-state index in [1.165, 1.54) is 38.5 Å². The molecule has 0 saturated carbocycles. The van der Waals surface area contributed by atoms with Crippen molar-refractivity contribution in [1.29, 1.82) is 0 Å². The summed E-state index contributed by atoms with van der Waals surface area (Å²) in [5.74, 6) is -1.89. The number of hydrogen-bond donors (Lipinski definition) is 3. The number of unbranched alkanes of at least 4 members (excludes halogenated alkanes) is 8. The Labute approximate surface area is 209 Å². The molecule has 3 N–H and O–H groups in total. The first kappa shape index (κ1) is 32.5. The number of rotatable bonds is 21. The molecule has 8 nitrogen and oxygen atoms in total. The number of aliphatic hydroxyl groups excluding tert-OH is 1. The van der Waals surface area contributed by atoms with Crippen molar-refractivity contribution in [1.82, 2.24) is 9.80 Å². The van der Waals surface area contributed by atoms with Gasteiger partial charge in [-0.05, 0) is 6.42 Å². The second-order valence-corrected chi connectivity index (χ2v) is 7.81. The van der Waals surface area contributed by atoms with Crippen molar-refractivity contribution in [3.05, 3.63) is 0 Å². The third kappa shape index (κ3) is 21.0. The second kappa shape index (κ2) is 22.5. The predicted octanol–water partition coefficient (Wildman–Crippen LogP) is 2.60. The Morgan fingerprint density at radius 2 is 1.13 bits per heavy atom. The standard InChI is InChI=1S/C22H42N2O6.Na/c1-2-3-4-5-6-7-8-9-10-11-20(26)24(18-19-25)17-16-23(14-12-21(27)28)15-13-22(29)30;/h25H,2-19H2,1H3,(H,27,28)(H,29,30);. The molecule has 177 valence electrons. The minimum atomic E-state index is -0.941. The minimum Gasteiger partial charge on any atom is -0.481 e. The molecule has 0 fully saturated rings. The van der Waals surface area contributed by atoms with Gasteiger partial charge in [0.25, 0.3) is 0 Å². The molecule has 0 unspecified atom stereocenters. The molecule has 0 atom stereocenters. The summed E-state index contributed by atoms with van der Waals surface area (Å²) in [6, 6.07) is 0. The van der Waals surface area contributed by atoms with Gasteiger partial charge in [-0.1, -0.05) is 58.3 Å². The number of carbonyl (C=O) groups is 3. The third-order valence-electron chi connectivity index (χ3n) is 5.19. The molecular weight excluding hydrogens is 411 g/mol. The van der Waals surface area contributed by atoms with Gasteiger partial charge in [0, 0.05) is 68.7 Å². The van der Waals surface area contributed by atoms with Crippen molar-refractivity contribution >= 4 is 47.4 Å². The normalized spacial score (nSPS) is 10.7. The number of amides is 1. The molecule has 0 aromatic rings. The average Bonchev–Trinajstić information content (AvgIpc) is 2.70. The molecular formula is C22H42N2NaO6. The van der Waals surface area contributed by atoms with Crippen molar-refractivity contribution < 1.29 is 29.7 Å². The quantitative estimate of drug-likeness (QED) is 0.181. The summed E-state index contributed by atoms with van der Waals surface area (Å²) in [5.41, 5.74) is 0. The summed E-state index contributed by atoms with van der Waals surface area (Å²) in [6.07, 6.45) is 10.9. The number of hydrogen-bond acceptors (Lipinski definition) is 5. The molecule has 1 radical (unpaired) electrons. The summed E-state index contributed by atoms with van der Waals surface area (Å²) >= 11 is 0. The zero-order chi connectivity index (χ0) is 22.6. The van der Waals surface area contributed by atoms with Crippen LogP contribution in [0.4, 0.5) is 0 Å². The fourth-order valence-electron chi connectivity index (χ4n) is 3.33. The second-order valence-electron chi connectivity index (χ2n) is 7.81. The Morgan fingerprint density at radius 1 is 0.645 bits per heavy atom. The third-order valence-corrected chi connectivity index (χ3v) is 5.19. The Kier molecular flexibility index (Phi) is 23.6. The predicted molar refractivity (Wildman–Crippen MR) is 122 cm³/mol. The zero-order valence-electron chi connectivity index (χ0n) is 19.7. The topological polar surface area (TPSA) is 118 Å². The molecule has 0 saturated heterocycles. The van der Waals surface area contributed by atoms with Gasteiger partial charge in [-0.3, -0.25) is 14.4 Å². The van der Waals surface area contributed by atoms with Gasteiger partial charge >= 0.3 is 11.9 Å². The van der Waals surface area contributed by atoms with Crippen LogP contribution >= 0.6 is 0 Å². The van der Waals surface area contributed by atoms with E-state index in [9.17, 15) is 19.5 Å². The first-order valence-corrected chi connectivity index (χ1v) is 11.4. The number of aliphatic carboxylic acids is 2. The SMILES string of the molecule is CCCCCCCCCCCC(=O)N(CCO)CCN(CCC(=O)O)CCC(=O)O.[Na]. The molecule has 0 aromatic carbocycles. The Morgan fingerprint density at radius 3 is 1.58 bits per heavy atom. The van der Waals surface area contributed by atoms with Gasteiger partial charge in [-0.2, -0.15) is 0 Å². The zero-order valence-corrected chi connectivity index (χ0v) is 21.7. The maximum Gasteiger partial charge on any atom is 0.304 e. The van der Waals surface area contributed by atoms with Gasteiger partial charge in [0.2, 0.25) is 5.91 Å². The van der Waals surface area contributed by atoms with Gasteiger partial charge in [0.15, 0.2) is 0 Å². The number of carboxylic acids is 2. The maximum atomic E-state index is 12.5. The van der Waals surface area contributed by atoms with E-state index in [0.29, 0.717) is 19.5 Å². The first-order valence-electron chi connectivity index (χ1n) is 11.4. The van der Waals surface area contributed by atoms with E-state index >= 15 is 0 Å². The fraction of sp³-hybridized carbons (Fsp3) is 0.864. The van der Waals surface area contributed by atoms with Crippen LogP contribution in [0.2, 0.25) is 0 Å². The van der Waals surface area contributed by atoms with Crippen molar-refractivity contribution in [2.75, 3.05) is 39.3 Å². The van der Waals surface area contributed by atoms with Gasteiger partial charge in [-0.15, -0.1) is 0 Å². The number of carboxylic acid groups (broad SMARTS) is 2. The Balaban J connectivity index is 0. The van der Waals surface area contributed by atoms with Gasteiger partial charge < -0.3 is 25.1 Å². The maximum absolute atomic E-state index is 12.5. The van der Waals surface area contributed by atoms with E-state index in [2.05, 4.69) is 6.92 Å². The minimum absolute atomic E-state index is 0. The van der Waals surface area contributed by atoms with Gasteiger partial charge in [0.1, 0.15) is 0 Å². The van der Waals surface area contributed by atoms with Crippen LogP contribution in [0.25, 0.3) is 0 Å². The summed E-state index contributed by atoms with van der Waals surface area (Å²) in [4.78, 5) is 37.5. The number of nitrogens with zero attached hydrogens (tertiary/aromatic N) is 2.